The standard InChI is InChI=1S/C13H16N2O4/c1-18-8-3-5-10(11(7-8)19-2)15-12(16)6-4-9(14)13(15)17/h3,5,7,9H,4,6,14H2,1-2H3. The van der Waals surface area contributed by atoms with Crippen molar-refractivity contribution in [3.05, 3.63) is 18.2 Å². The number of nitrogens with zero attached hydrogens (tertiary/aromatic N) is 1. The van der Waals surface area contributed by atoms with Crippen LogP contribution < -0.4 is 20.1 Å². The highest BCUT2D eigenvalue weighted by atomic mass is 16.5. The van der Waals surface area contributed by atoms with Crippen molar-refractivity contribution in [1.82, 2.24) is 0 Å². The van der Waals surface area contributed by atoms with E-state index in [1.807, 2.05) is 0 Å². The van der Waals surface area contributed by atoms with Crippen LogP contribution in [0.1, 0.15) is 12.8 Å². The molecule has 6 heteroatoms. The second-order valence-electron chi connectivity index (χ2n) is 4.25. The average Bonchev–Trinajstić information content (AvgIpc) is 2.43. The number of imide groups is 1. The van der Waals surface area contributed by atoms with E-state index in [1.165, 1.54) is 14.2 Å². The van der Waals surface area contributed by atoms with Crippen LogP contribution in [0.4, 0.5) is 5.69 Å². The molecule has 0 radical (unpaired) electrons. The molecule has 0 bridgehead atoms. The summed E-state index contributed by atoms with van der Waals surface area (Å²) < 4.78 is 10.3. The predicted molar refractivity (Wildman–Crippen MR) is 69.2 cm³/mol. The number of anilines is 1. The Labute approximate surface area is 111 Å². The fourth-order valence-electron chi connectivity index (χ4n) is 2.03. The first kappa shape index (κ1) is 13.4. The van der Waals surface area contributed by atoms with Crippen LogP contribution in [0.25, 0.3) is 0 Å². The van der Waals surface area contributed by atoms with Crippen molar-refractivity contribution in [2.45, 2.75) is 18.9 Å². The summed E-state index contributed by atoms with van der Waals surface area (Å²) in [7, 11) is 3.00. The van der Waals surface area contributed by atoms with Crippen LogP contribution in [0.15, 0.2) is 18.2 Å². The first-order chi connectivity index (χ1) is 9.08. The molecule has 2 amide bonds. The van der Waals surface area contributed by atoms with Gasteiger partial charge in [0.05, 0.1) is 25.9 Å². The smallest absolute Gasteiger partial charge is 0.250 e. The third-order valence-corrected chi connectivity index (χ3v) is 3.08. The molecule has 102 valence electrons. The van der Waals surface area contributed by atoms with E-state index in [2.05, 4.69) is 0 Å². The van der Waals surface area contributed by atoms with E-state index in [0.717, 1.165) is 4.90 Å². The van der Waals surface area contributed by atoms with E-state index in [0.29, 0.717) is 23.6 Å². The molecule has 1 aromatic rings. The Bertz CT molecular complexity index is 515. The lowest BCUT2D eigenvalue weighted by Gasteiger charge is -2.29. The van der Waals surface area contributed by atoms with Crippen LogP contribution in [0, 0.1) is 0 Å². The number of hydrogen-bond donors (Lipinski definition) is 1. The normalized spacial score (nSPS) is 19.5. The number of nitrogens with two attached hydrogens (primary N) is 1. The van der Waals surface area contributed by atoms with Crippen molar-refractivity contribution >= 4 is 17.5 Å². The Morgan fingerprint density at radius 2 is 2.00 bits per heavy atom. The highest BCUT2D eigenvalue weighted by molar-refractivity contribution is 6.19. The van der Waals surface area contributed by atoms with Crippen LogP contribution in [0.3, 0.4) is 0 Å². The lowest BCUT2D eigenvalue weighted by Crippen LogP contribution is -2.51. The number of methoxy groups -OCH3 is 2. The van der Waals surface area contributed by atoms with Crippen LogP contribution in [-0.2, 0) is 9.59 Å². The van der Waals surface area contributed by atoms with Gasteiger partial charge in [-0.3, -0.25) is 9.59 Å². The van der Waals surface area contributed by atoms with E-state index >= 15 is 0 Å². The van der Waals surface area contributed by atoms with Crippen LogP contribution >= 0.6 is 0 Å². The molecule has 19 heavy (non-hydrogen) atoms. The van der Waals surface area contributed by atoms with Crippen LogP contribution in [0.5, 0.6) is 11.5 Å². The van der Waals surface area contributed by atoms with Crippen molar-refractivity contribution in [3.63, 3.8) is 0 Å². The van der Waals surface area contributed by atoms with Gasteiger partial charge in [-0.15, -0.1) is 0 Å². The van der Waals surface area contributed by atoms with Crippen molar-refractivity contribution in [1.29, 1.82) is 0 Å². The minimum absolute atomic E-state index is 0.252. The Hall–Kier alpha value is -2.08. The lowest BCUT2D eigenvalue weighted by molar-refractivity contribution is -0.130. The average molecular weight is 264 g/mol. The maximum atomic E-state index is 12.1. The molecule has 1 aromatic carbocycles. The van der Waals surface area contributed by atoms with E-state index in [9.17, 15) is 9.59 Å². The fourth-order valence-corrected chi connectivity index (χ4v) is 2.03. The summed E-state index contributed by atoms with van der Waals surface area (Å²) in [5.74, 6) is 0.312. The molecule has 1 aliphatic rings. The Morgan fingerprint density at radius 3 is 2.63 bits per heavy atom. The van der Waals surface area contributed by atoms with Gasteiger partial charge in [0.2, 0.25) is 5.91 Å². The maximum Gasteiger partial charge on any atom is 0.250 e. The molecule has 0 aliphatic carbocycles. The lowest BCUT2D eigenvalue weighted by atomic mass is 10.0. The minimum atomic E-state index is -0.649. The van der Waals surface area contributed by atoms with Gasteiger partial charge in [0.25, 0.3) is 5.91 Å². The number of amides is 2. The zero-order valence-corrected chi connectivity index (χ0v) is 10.9. The summed E-state index contributed by atoms with van der Waals surface area (Å²) >= 11 is 0. The summed E-state index contributed by atoms with van der Waals surface area (Å²) in [4.78, 5) is 25.1. The Kier molecular flexibility index (Phi) is 3.71. The molecule has 0 saturated carbocycles. The summed E-state index contributed by atoms with van der Waals surface area (Å²) in [5.41, 5.74) is 6.10. The van der Waals surface area contributed by atoms with E-state index in [1.54, 1.807) is 18.2 Å². The van der Waals surface area contributed by atoms with Gasteiger partial charge in [0, 0.05) is 12.5 Å². The highest BCUT2D eigenvalue weighted by Crippen LogP contribution is 2.34. The molecule has 0 spiro atoms. The fraction of sp³-hybridized carbons (Fsp3) is 0.385. The van der Waals surface area contributed by atoms with E-state index in [4.69, 9.17) is 15.2 Å². The first-order valence-electron chi connectivity index (χ1n) is 5.93. The van der Waals surface area contributed by atoms with Crippen molar-refractivity contribution in [3.8, 4) is 11.5 Å². The van der Waals surface area contributed by atoms with Crippen LogP contribution in [0.2, 0.25) is 0 Å². The third kappa shape index (κ3) is 2.39. The molecule has 1 heterocycles. The third-order valence-electron chi connectivity index (χ3n) is 3.08. The Morgan fingerprint density at radius 1 is 1.26 bits per heavy atom. The van der Waals surface area contributed by atoms with Gasteiger partial charge in [0.15, 0.2) is 0 Å². The summed E-state index contributed by atoms with van der Waals surface area (Å²) in [5, 5.41) is 0. The molecule has 1 unspecified atom stereocenters. The number of rotatable bonds is 3. The molecule has 0 aromatic heterocycles. The number of benzene rings is 1. The largest absolute Gasteiger partial charge is 0.497 e. The Balaban J connectivity index is 2.44. The molecule has 2 rings (SSSR count). The van der Waals surface area contributed by atoms with Gasteiger partial charge in [-0.1, -0.05) is 0 Å². The van der Waals surface area contributed by atoms with E-state index in [-0.39, 0.29) is 12.3 Å². The quantitative estimate of drug-likeness (QED) is 0.812. The van der Waals surface area contributed by atoms with Gasteiger partial charge in [-0.05, 0) is 18.6 Å². The molecule has 1 fully saturated rings. The summed E-state index contributed by atoms with van der Waals surface area (Å²) in [6.07, 6.45) is 0.634. The monoisotopic (exact) mass is 264 g/mol. The highest BCUT2D eigenvalue weighted by Gasteiger charge is 2.34. The topological polar surface area (TPSA) is 81.9 Å². The molecule has 1 atom stereocenters. The molecule has 2 N–H and O–H groups in total. The second kappa shape index (κ2) is 5.27. The number of piperidine rings is 1. The number of carbonyl (C=O) groups excluding carboxylic acids is 2. The minimum Gasteiger partial charge on any atom is -0.497 e. The number of ether oxygens (including phenoxy) is 2. The van der Waals surface area contributed by atoms with Gasteiger partial charge < -0.3 is 15.2 Å². The summed E-state index contributed by atoms with van der Waals surface area (Å²) in [6, 6.07) is 4.25. The molecule has 1 aliphatic heterocycles. The van der Waals surface area contributed by atoms with Gasteiger partial charge >= 0.3 is 0 Å². The summed E-state index contributed by atoms with van der Waals surface area (Å²) in [6.45, 7) is 0. The number of hydrogen-bond acceptors (Lipinski definition) is 5. The first-order valence-corrected chi connectivity index (χ1v) is 5.93. The number of carbonyl (C=O) groups is 2. The van der Waals surface area contributed by atoms with Gasteiger partial charge in [0.1, 0.15) is 11.5 Å². The van der Waals surface area contributed by atoms with Crippen LogP contribution in [-0.4, -0.2) is 32.1 Å². The molecular formula is C13H16N2O4. The zero-order chi connectivity index (χ0) is 14.0. The van der Waals surface area contributed by atoms with Crippen molar-refractivity contribution in [2.24, 2.45) is 5.73 Å². The van der Waals surface area contributed by atoms with Gasteiger partial charge in [-0.25, -0.2) is 4.90 Å². The van der Waals surface area contributed by atoms with E-state index < -0.39 is 11.9 Å². The molecule has 6 nitrogen and oxygen atoms in total. The second-order valence-corrected chi connectivity index (χ2v) is 4.25. The molecule has 1 saturated heterocycles. The van der Waals surface area contributed by atoms with Gasteiger partial charge in [-0.2, -0.15) is 0 Å². The molecular weight excluding hydrogens is 248 g/mol. The SMILES string of the molecule is COc1ccc(N2C(=O)CCC(N)C2=O)c(OC)c1. The van der Waals surface area contributed by atoms with Crippen molar-refractivity contribution in [2.75, 3.05) is 19.1 Å². The maximum absolute atomic E-state index is 12.1. The predicted octanol–water partition coefficient (Wildman–Crippen LogP) is 0.684. The zero-order valence-electron chi connectivity index (χ0n) is 10.9. The van der Waals surface area contributed by atoms with Crippen molar-refractivity contribution < 1.29 is 19.1 Å².